The fourth-order valence-electron chi connectivity index (χ4n) is 7.30. The Hall–Kier alpha value is -4.68. The van der Waals surface area contributed by atoms with E-state index < -0.39 is 126 Å². The molecule has 7 unspecified atom stereocenters. The van der Waals surface area contributed by atoms with E-state index >= 15 is 0 Å². The van der Waals surface area contributed by atoms with E-state index in [0.717, 1.165) is 60.3 Å². The maximum atomic E-state index is 13.1. The van der Waals surface area contributed by atoms with Crippen molar-refractivity contribution < 1.29 is 88.3 Å². The second-order valence-corrected chi connectivity index (χ2v) is 23.8. The smallest absolute Gasteiger partial charge is 0.347 e. The third kappa shape index (κ3) is 22.0. The van der Waals surface area contributed by atoms with E-state index in [1.165, 1.54) is 91.0 Å². The number of carbonyl (C=O) groups excluding carboxylic acids is 8. The minimum Gasteiger partial charge on any atom is -0.451 e. The first-order chi connectivity index (χ1) is 34.3. The maximum Gasteiger partial charge on any atom is 0.347 e. The largest absolute Gasteiger partial charge is 0.451 e. The summed E-state index contributed by atoms with van der Waals surface area (Å²) in [6, 6.07) is 0.737. The van der Waals surface area contributed by atoms with Crippen LogP contribution in [0.4, 0.5) is 0 Å². The van der Waals surface area contributed by atoms with Crippen molar-refractivity contribution in [2.45, 2.75) is 241 Å². The number of hydrogen-bond donors (Lipinski definition) is 2. The Kier molecular flexibility index (Phi) is 28.2. The number of sulfonamides is 1. The van der Waals surface area contributed by atoms with Gasteiger partial charge in [-0.1, -0.05) is 104 Å². The highest BCUT2D eigenvalue weighted by atomic mass is 32.3. The summed E-state index contributed by atoms with van der Waals surface area (Å²) in [7, 11) is -8.46. The molecule has 0 spiro atoms. The number of unbranched alkanes of at least 4 members (excludes halogenated alkanes) is 14. The summed E-state index contributed by atoms with van der Waals surface area (Å²) in [5, 5.41) is 2.35. The lowest BCUT2D eigenvalue weighted by molar-refractivity contribution is -0.188. The number of rotatable bonds is 34. The van der Waals surface area contributed by atoms with Crippen molar-refractivity contribution in [3.63, 3.8) is 0 Å². The van der Waals surface area contributed by atoms with Crippen molar-refractivity contribution in [3.05, 3.63) is 11.6 Å². The first-order valence-corrected chi connectivity index (χ1v) is 29.2. The van der Waals surface area contributed by atoms with Crippen molar-refractivity contribution in [3.8, 4) is 0 Å². The standard InChI is InChI=1S/C49H78N2O19S3/c1-11-13-14-15-16-17-18-19-20-21-22-23-24-25-26-27-40(52)64-32(5)43(54)66-34(7)45(56)68-36(9)47(58)70-37(10)48(59)69-35(8)46(57)67-33(6)44(55)65-31(4)42(53)51-73(62,63)41-29-38-39(50-12-2)28-30(3)72(60,61)49(38)71-41/h29-37,39,50H,11-28H2,1-10H3,(H,51,53)/t30-,31?,32?,33?,34?,35?,36?,37?,39-/m0/s1. The topological polar surface area (TPSA) is 294 Å². The van der Waals surface area contributed by atoms with Gasteiger partial charge in [-0.05, 0) is 80.8 Å². The minimum atomic E-state index is -4.63. The molecule has 0 saturated carbocycles. The Morgan fingerprint density at radius 1 is 0.562 bits per heavy atom. The van der Waals surface area contributed by atoms with Gasteiger partial charge >= 0.3 is 41.8 Å². The maximum absolute atomic E-state index is 13.1. The van der Waals surface area contributed by atoms with Crippen molar-refractivity contribution in [2.75, 3.05) is 6.54 Å². The summed E-state index contributed by atoms with van der Waals surface area (Å²) in [6.45, 7) is 13.9. The van der Waals surface area contributed by atoms with Gasteiger partial charge in [0.05, 0.1) is 5.25 Å². The van der Waals surface area contributed by atoms with Gasteiger partial charge in [-0.25, -0.2) is 50.3 Å². The fourth-order valence-corrected chi connectivity index (χ4v) is 12.3. The Bertz CT molecular complexity index is 2230. The number of thiophene rings is 1. The van der Waals surface area contributed by atoms with Crippen LogP contribution in [-0.2, 0) is 91.4 Å². The monoisotopic (exact) mass is 1090 g/mol. The van der Waals surface area contributed by atoms with Crippen LogP contribution in [0.1, 0.15) is 190 Å². The molecule has 1 aliphatic heterocycles. The third-order valence-electron chi connectivity index (χ3n) is 11.8. The van der Waals surface area contributed by atoms with Gasteiger partial charge in [-0.15, -0.1) is 11.3 Å². The van der Waals surface area contributed by atoms with Crippen LogP contribution >= 0.6 is 11.3 Å². The number of fused-ring (bicyclic) bond motifs is 1. The first-order valence-electron chi connectivity index (χ1n) is 25.4. The minimum absolute atomic E-state index is 0.122. The Morgan fingerprint density at radius 2 is 0.904 bits per heavy atom. The molecule has 1 aromatic rings. The molecule has 1 amide bonds. The van der Waals surface area contributed by atoms with E-state index in [1.54, 1.807) is 4.72 Å². The van der Waals surface area contributed by atoms with Crippen molar-refractivity contribution in [2.24, 2.45) is 0 Å². The predicted octanol–water partition coefficient (Wildman–Crippen LogP) is 6.55. The SMILES string of the molecule is CCCCCCCCCCCCCCCCCC(=O)OC(C)C(=O)OC(C)C(=O)OC(C)C(=O)OC(C)C(=O)OC(C)C(=O)OC(C)C(=O)OC(C)C(=O)NS(=O)(=O)c1cc2c(s1)S(=O)(=O)[C@@H](C)C[C@@H]2NCC. The van der Waals surface area contributed by atoms with Gasteiger partial charge in [0.1, 0.15) is 8.42 Å². The van der Waals surface area contributed by atoms with Crippen molar-refractivity contribution >= 4 is 78.9 Å². The van der Waals surface area contributed by atoms with E-state index in [0.29, 0.717) is 24.3 Å². The van der Waals surface area contributed by atoms with Gasteiger partial charge in [-0.2, -0.15) is 0 Å². The van der Waals surface area contributed by atoms with Crippen LogP contribution in [0.25, 0.3) is 0 Å². The van der Waals surface area contributed by atoms with Crippen LogP contribution in [0.3, 0.4) is 0 Å². The van der Waals surface area contributed by atoms with Crippen LogP contribution in [-0.4, -0.2) is 119 Å². The van der Waals surface area contributed by atoms with Gasteiger partial charge in [0, 0.05) is 18.0 Å². The van der Waals surface area contributed by atoms with Gasteiger partial charge < -0.3 is 38.5 Å². The van der Waals surface area contributed by atoms with Crippen molar-refractivity contribution in [1.29, 1.82) is 0 Å². The molecule has 24 heteroatoms. The van der Waals surface area contributed by atoms with Crippen LogP contribution in [0, 0.1) is 0 Å². The molecule has 1 aliphatic rings. The lowest BCUT2D eigenvalue weighted by Crippen LogP contribution is -2.42. The number of amides is 1. The summed E-state index contributed by atoms with van der Waals surface area (Å²) >= 11 is 0.487. The highest BCUT2D eigenvalue weighted by Crippen LogP contribution is 2.42. The Balaban J connectivity index is 1.71. The number of esters is 7. The molecule has 0 aromatic carbocycles. The molecule has 1 aromatic heterocycles. The molecular formula is C49H78N2O19S3. The van der Waals surface area contributed by atoms with E-state index in [1.807, 2.05) is 6.92 Å². The Labute approximate surface area is 434 Å². The molecular weight excluding hydrogens is 1020 g/mol. The highest BCUT2D eigenvalue weighted by molar-refractivity contribution is 7.95. The van der Waals surface area contributed by atoms with E-state index in [4.69, 9.17) is 33.2 Å². The summed E-state index contributed by atoms with van der Waals surface area (Å²) < 4.78 is 88.6. The molecule has 9 atom stereocenters. The molecule has 0 bridgehead atoms. The van der Waals surface area contributed by atoms with E-state index in [2.05, 4.69) is 12.2 Å². The summed E-state index contributed by atoms with van der Waals surface area (Å²) in [6.07, 6.45) is 6.75. The average Bonchev–Trinajstić information content (AvgIpc) is 3.80. The summed E-state index contributed by atoms with van der Waals surface area (Å²) in [4.78, 5) is 101. The zero-order valence-corrected chi connectivity index (χ0v) is 46.4. The van der Waals surface area contributed by atoms with Crippen LogP contribution in [0.5, 0.6) is 0 Å². The van der Waals surface area contributed by atoms with Gasteiger partial charge in [0.15, 0.2) is 52.6 Å². The normalized spacial score (nSPS) is 17.9. The molecule has 0 fully saturated rings. The third-order valence-corrected chi connectivity index (χ3v) is 17.5. The van der Waals surface area contributed by atoms with Crippen LogP contribution in [0.15, 0.2) is 14.5 Å². The lowest BCUT2D eigenvalue weighted by atomic mass is 10.0. The number of hydrogen-bond acceptors (Lipinski definition) is 21. The van der Waals surface area contributed by atoms with Gasteiger partial charge in [0.2, 0.25) is 0 Å². The predicted molar refractivity (Wildman–Crippen MR) is 266 cm³/mol. The first kappa shape index (κ1) is 64.4. The number of carbonyl (C=O) groups is 8. The molecule has 0 aliphatic carbocycles. The quantitative estimate of drug-likeness (QED) is 0.0420. The van der Waals surface area contributed by atoms with Crippen LogP contribution in [0.2, 0.25) is 0 Å². The number of sulfone groups is 1. The zero-order valence-electron chi connectivity index (χ0n) is 44.0. The molecule has 0 radical (unpaired) electrons. The molecule has 21 nitrogen and oxygen atoms in total. The number of ether oxygens (including phenoxy) is 7. The fraction of sp³-hybridized carbons (Fsp3) is 0.755. The Morgan fingerprint density at radius 3 is 1.27 bits per heavy atom. The van der Waals surface area contributed by atoms with Gasteiger partial charge in [0.25, 0.3) is 15.9 Å². The van der Waals surface area contributed by atoms with Crippen molar-refractivity contribution in [1.82, 2.24) is 10.0 Å². The summed E-state index contributed by atoms with van der Waals surface area (Å²) in [5.41, 5.74) is 0.261. The molecule has 2 rings (SSSR count). The second kappa shape index (κ2) is 31.9. The summed E-state index contributed by atoms with van der Waals surface area (Å²) in [5.74, 6) is -9.09. The molecule has 0 saturated heterocycles. The lowest BCUT2D eigenvalue weighted by Gasteiger charge is -2.27. The molecule has 2 heterocycles. The van der Waals surface area contributed by atoms with E-state index in [-0.39, 0.29) is 22.6 Å². The number of nitrogens with one attached hydrogen (secondary N) is 2. The average molecular weight is 1100 g/mol. The van der Waals surface area contributed by atoms with Crippen LogP contribution < -0.4 is 10.0 Å². The van der Waals surface area contributed by atoms with Gasteiger partial charge in [-0.3, -0.25) is 9.59 Å². The molecule has 73 heavy (non-hydrogen) atoms. The van der Waals surface area contributed by atoms with E-state index in [9.17, 15) is 55.2 Å². The zero-order chi connectivity index (χ0) is 55.1. The highest BCUT2D eigenvalue weighted by Gasteiger charge is 2.40. The molecule has 2 N–H and O–H groups in total. The second-order valence-electron chi connectivity index (χ2n) is 18.3. The molecule has 416 valence electrons.